The van der Waals surface area contributed by atoms with Gasteiger partial charge in [-0.1, -0.05) is 26.0 Å². The van der Waals surface area contributed by atoms with E-state index in [4.69, 9.17) is 0 Å². The summed E-state index contributed by atoms with van der Waals surface area (Å²) in [5.74, 6) is -0.315. The van der Waals surface area contributed by atoms with Crippen LogP contribution >= 0.6 is 0 Å². The van der Waals surface area contributed by atoms with Gasteiger partial charge in [-0.05, 0) is 38.0 Å². The van der Waals surface area contributed by atoms with Crippen molar-refractivity contribution in [3.63, 3.8) is 0 Å². The van der Waals surface area contributed by atoms with Crippen molar-refractivity contribution in [3.8, 4) is 0 Å². The largest absolute Gasteiger partial charge is 0.300 e. The SMILES string of the molecule is Cc1ccc([C@@H](CN2CCN(C(C)C)CC2)C(=O)C(C)C)cc1F. The van der Waals surface area contributed by atoms with Crippen molar-refractivity contribution >= 4 is 5.78 Å². The molecule has 1 aliphatic rings. The Balaban J connectivity index is 2.13. The third kappa shape index (κ3) is 4.64. The molecule has 0 spiro atoms. The van der Waals surface area contributed by atoms with Crippen LogP contribution in [-0.4, -0.2) is 54.3 Å². The second kappa shape index (κ2) is 8.21. The zero-order chi connectivity index (χ0) is 17.9. The number of halogens is 1. The van der Waals surface area contributed by atoms with E-state index >= 15 is 0 Å². The van der Waals surface area contributed by atoms with Gasteiger partial charge >= 0.3 is 0 Å². The lowest BCUT2D eigenvalue weighted by Crippen LogP contribution is -2.50. The quantitative estimate of drug-likeness (QED) is 0.796. The highest BCUT2D eigenvalue weighted by molar-refractivity contribution is 5.87. The van der Waals surface area contributed by atoms with Crippen molar-refractivity contribution in [2.24, 2.45) is 5.92 Å². The molecule has 1 fully saturated rings. The highest BCUT2D eigenvalue weighted by Crippen LogP contribution is 2.24. The summed E-state index contributed by atoms with van der Waals surface area (Å²) in [5, 5.41) is 0. The van der Waals surface area contributed by atoms with Gasteiger partial charge in [-0.3, -0.25) is 14.6 Å². The molecule has 0 N–H and O–H groups in total. The standard InChI is InChI=1S/C20H31FN2O/c1-14(2)20(24)18(17-7-6-16(5)19(21)12-17)13-22-8-10-23(11-9-22)15(3)4/h6-7,12,14-15,18H,8-11,13H2,1-5H3/t18-/m1/s1. The molecule has 3 nitrogen and oxygen atoms in total. The Hall–Kier alpha value is -1.26. The number of hydrogen-bond donors (Lipinski definition) is 0. The molecule has 0 aromatic heterocycles. The topological polar surface area (TPSA) is 23.6 Å². The zero-order valence-electron chi connectivity index (χ0n) is 15.7. The van der Waals surface area contributed by atoms with Gasteiger partial charge in [-0.25, -0.2) is 4.39 Å². The van der Waals surface area contributed by atoms with E-state index in [9.17, 15) is 9.18 Å². The molecular formula is C20H31FN2O. The van der Waals surface area contributed by atoms with Crippen molar-refractivity contribution in [1.29, 1.82) is 0 Å². The molecule has 1 saturated heterocycles. The van der Waals surface area contributed by atoms with Crippen LogP contribution in [0.15, 0.2) is 18.2 Å². The fourth-order valence-corrected chi connectivity index (χ4v) is 3.31. The van der Waals surface area contributed by atoms with Crippen LogP contribution in [0.25, 0.3) is 0 Å². The van der Waals surface area contributed by atoms with Crippen LogP contribution in [0.3, 0.4) is 0 Å². The zero-order valence-corrected chi connectivity index (χ0v) is 15.7. The molecular weight excluding hydrogens is 303 g/mol. The number of aryl methyl sites for hydroxylation is 1. The van der Waals surface area contributed by atoms with Crippen LogP contribution in [0.4, 0.5) is 4.39 Å². The van der Waals surface area contributed by atoms with Gasteiger partial charge in [0.15, 0.2) is 0 Å². The Bertz CT molecular complexity index is 563. The third-order valence-corrected chi connectivity index (χ3v) is 5.09. The molecule has 0 amide bonds. The minimum Gasteiger partial charge on any atom is -0.300 e. The molecule has 1 atom stereocenters. The molecule has 4 heteroatoms. The van der Waals surface area contributed by atoms with E-state index in [2.05, 4.69) is 23.6 Å². The molecule has 2 rings (SSSR count). The van der Waals surface area contributed by atoms with Gasteiger partial charge in [0.05, 0.1) is 5.92 Å². The Morgan fingerprint density at radius 2 is 1.75 bits per heavy atom. The van der Waals surface area contributed by atoms with Gasteiger partial charge in [-0.15, -0.1) is 0 Å². The fourth-order valence-electron chi connectivity index (χ4n) is 3.31. The lowest BCUT2D eigenvalue weighted by molar-refractivity contribution is -0.124. The Labute approximate surface area is 145 Å². The predicted molar refractivity (Wildman–Crippen MR) is 96.9 cm³/mol. The van der Waals surface area contributed by atoms with E-state index in [1.807, 2.05) is 19.9 Å². The number of ketones is 1. The van der Waals surface area contributed by atoms with Gasteiger partial charge in [-0.2, -0.15) is 0 Å². The normalized spacial score (nSPS) is 18.3. The molecule has 0 unspecified atom stereocenters. The summed E-state index contributed by atoms with van der Waals surface area (Å²) in [6, 6.07) is 5.80. The van der Waals surface area contributed by atoms with Gasteiger partial charge in [0, 0.05) is 44.7 Å². The maximum atomic E-state index is 14.0. The lowest BCUT2D eigenvalue weighted by atomic mass is 9.87. The second-order valence-electron chi connectivity index (χ2n) is 7.55. The lowest BCUT2D eigenvalue weighted by Gasteiger charge is -2.38. The van der Waals surface area contributed by atoms with E-state index in [1.165, 1.54) is 0 Å². The molecule has 0 saturated carbocycles. The fraction of sp³-hybridized carbons (Fsp3) is 0.650. The van der Waals surface area contributed by atoms with Gasteiger partial charge in [0.2, 0.25) is 0 Å². The summed E-state index contributed by atoms with van der Waals surface area (Å²) in [5.41, 5.74) is 1.43. The van der Waals surface area contributed by atoms with Crippen LogP contribution in [0.2, 0.25) is 0 Å². The highest BCUT2D eigenvalue weighted by Gasteiger charge is 2.28. The van der Waals surface area contributed by atoms with Crippen molar-refractivity contribution in [1.82, 2.24) is 9.80 Å². The minimum absolute atomic E-state index is 0.0451. The van der Waals surface area contributed by atoms with Crippen LogP contribution in [0.5, 0.6) is 0 Å². The van der Waals surface area contributed by atoms with Crippen molar-refractivity contribution in [2.75, 3.05) is 32.7 Å². The summed E-state index contributed by atoms with van der Waals surface area (Å²) >= 11 is 0. The average Bonchev–Trinajstić information content (AvgIpc) is 2.55. The van der Waals surface area contributed by atoms with Crippen molar-refractivity contribution < 1.29 is 9.18 Å². The highest BCUT2D eigenvalue weighted by atomic mass is 19.1. The van der Waals surface area contributed by atoms with E-state index in [-0.39, 0.29) is 23.4 Å². The smallest absolute Gasteiger partial charge is 0.144 e. The number of piperazine rings is 1. The van der Waals surface area contributed by atoms with Gasteiger partial charge < -0.3 is 0 Å². The molecule has 0 radical (unpaired) electrons. The first-order valence-corrected chi connectivity index (χ1v) is 9.05. The molecule has 1 aliphatic heterocycles. The predicted octanol–water partition coefficient (Wildman–Crippen LogP) is 3.47. The van der Waals surface area contributed by atoms with E-state index in [1.54, 1.807) is 19.1 Å². The summed E-state index contributed by atoms with van der Waals surface area (Å²) in [4.78, 5) is 17.5. The first kappa shape index (κ1) is 19.1. The van der Waals surface area contributed by atoms with Crippen LogP contribution in [0.1, 0.15) is 44.7 Å². The number of rotatable bonds is 6. The number of nitrogens with zero attached hydrogens (tertiary/aromatic N) is 2. The van der Waals surface area contributed by atoms with E-state index in [0.29, 0.717) is 18.2 Å². The molecule has 0 aliphatic carbocycles. The number of benzene rings is 1. The molecule has 1 aromatic rings. The molecule has 1 aromatic carbocycles. The average molecular weight is 334 g/mol. The van der Waals surface area contributed by atoms with E-state index < -0.39 is 0 Å². The summed E-state index contributed by atoms with van der Waals surface area (Å²) in [7, 11) is 0. The van der Waals surface area contributed by atoms with Crippen molar-refractivity contribution in [3.05, 3.63) is 35.1 Å². The maximum Gasteiger partial charge on any atom is 0.144 e. The van der Waals surface area contributed by atoms with Crippen molar-refractivity contribution in [2.45, 2.75) is 46.6 Å². The Kier molecular flexibility index (Phi) is 6.53. The molecule has 24 heavy (non-hydrogen) atoms. The molecule has 134 valence electrons. The van der Waals surface area contributed by atoms with Gasteiger partial charge in [0.1, 0.15) is 11.6 Å². The monoisotopic (exact) mass is 334 g/mol. The maximum absolute atomic E-state index is 14.0. The molecule has 0 bridgehead atoms. The minimum atomic E-state index is -0.245. The van der Waals surface area contributed by atoms with Crippen LogP contribution in [0, 0.1) is 18.7 Å². The number of carbonyl (C=O) groups is 1. The molecule has 1 heterocycles. The first-order chi connectivity index (χ1) is 11.3. The summed E-state index contributed by atoms with van der Waals surface area (Å²) in [6.45, 7) is 14.7. The number of carbonyl (C=O) groups excluding carboxylic acids is 1. The first-order valence-electron chi connectivity index (χ1n) is 9.05. The second-order valence-corrected chi connectivity index (χ2v) is 7.55. The number of Topliss-reactive ketones (excluding diaryl/α,β-unsaturated/α-hetero) is 1. The Morgan fingerprint density at radius 3 is 2.25 bits per heavy atom. The van der Waals surface area contributed by atoms with Crippen LogP contribution in [-0.2, 0) is 4.79 Å². The van der Waals surface area contributed by atoms with E-state index in [0.717, 1.165) is 31.7 Å². The third-order valence-electron chi connectivity index (χ3n) is 5.09. The van der Waals surface area contributed by atoms with Crippen LogP contribution < -0.4 is 0 Å². The van der Waals surface area contributed by atoms with Gasteiger partial charge in [0.25, 0.3) is 0 Å². The Morgan fingerprint density at radius 1 is 1.12 bits per heavy atom. The number of hydrogen-bond acceptors (Lipinski definition) is 3. The summed E-state index contributed by atoms with van der Waals surface area (Å²) < 4.78 is 14.0. The summed E-state index contributed by atoms with van der Waals surface area (Å²) in [6.07, 6.45) is 0.